The fourth-order valence-corrected chi connectivity index (χ4v) is 2.90. The number of quaternary nitrogens is 1. The van der Waals surface area contributed by atoms with E-state index in [4.69, 9.17) is 0 Å². The number of nitrogens with one attached hydrogen (secondary N) is 1. The summed E-state index contributed by atoms with van der Waals surface area (Å²) in [6.07, 6.45) is 0.656. The third-order valence-electron chi connectivity index (χ3n) is 2.79. The van der Waals surface area contributed by atoms with Crippen LogP contribution in [0.5, 0.6) is 0 Å². The molecule has 1 N–H and O–H groups in total. The van der Waals surface area contributed by atoms with Crippen LogP contribution in [0.15, 0.2) is 0 Å². The summed E-state index contributed by atoms with van der Waals surface area (Å²) in [6, 6.07) is 0. The van der Waals surface area contributed by atoms with E-state index >= 15 is 0 Å². The van der Waals surface area contributed by atoms with Crippen molar-refractivity contribution in [2.45, 2.75) is 25.8 Å². The Morgan fingerprint density at radius 3 is 2.00 bits per heavy atom. The maximum atomic E-state index is 11.8. The molecule has 0 aliphatic carbocycles. The maximum Gasteiger partial charge on any atom is 0.155 e. The molecule has 0 saturated carbocycles. The van der Waals surface area contributed by atoms with Crippen LogP contribution >= 0.6 is 0 Å². The molecule has 0 aromatic rings. The average Bonchev–Trinajstić information content (AvgIpc) is 2.12. The lowest BCUT2D eigenvalue weighted by Crippen LogP contribution is -2.41. The summed E-state index contributed by atoms with van der Waals surface area (Å²) in [4.78, 5) is 0. The van der Waals surface area contributed by atoms with Crippen LogP contribution in [0.1, 0.15) is 20.3 Å². The Morgan fingerprint density at radius 2 is 1.62 bits per heavy atom. The van der Waals surface area contributed by atoms with Gasteiger partial charge in [-0.2, -0.15) is 0 Å². The molecule has 5 heteroatoms. The van der Waals surface area contributed by atoms with Crippen LogP contribution in [-0.2, 0) is 9.84 Å². The lowest BCUT2D eigenvalue weighted by atomic mass is 10.0. The summed E-state index contributed by atoms with van der Waals surface area (Å²) in [7, 11) is 4.97. The molecule has 0 bridgehead atoms. The maximum absolute atomic E-state index is 11.8. The van der Waals surface area contributed by atoms with E-state index in [1.807, 2.05) is 42.0 Å². The van der Waals surface area contributed by atoms with Crippen molar-refractivity contribution >= 4 is 9.84 Å². The molecule has 16 heavy (non-hydrogen) atoms. The van der Waals surface area contributed by atoms with E-state index in [1.54, 1.807) is 0 Å². The van der Waals surface area contributed by atoms with Gasteiger partial charge in [0.15, 0.2) is 9.84 Å². The Morgan fingerprint density at radius 1 is 1.12 bits per heavy atom. The van der Waals surface area contributed by atoms with Crippen LogP contribution in [0.4, 0.5) is 0 Å². The molecule has 0 heterocycles. The Bertz CT molecular complexity index is 302. The first-order chi connectivity index (χ1) is 6.97. The smallest absolute Gasteiger partial charge is 0.155 e. The summed E-state index contributed by atoms with van der Waals surface area (Å²) < 4.78 is 24.3. The second kappa shape index (κ2) is 5.47. The molecule has 0 unspecified atom stereocenters. The van der Waals surface area contributed by atoms with E-state index in [0.29, 0.717) is 17.4 Å². The number of nitrogens with zero attached hydrogens (tertiary/aromatic N) is 1. The van der Waals surface area contributed by atoms with E-state index < -0.39 is 9.84 Å². The van der Waals surface area contributed by atoms with Crippen molar-refractivity contribution in [1.82, 2.24) is 5.32 Å². The van der Waals surface area contributed by atoms with Gasteiger partial charge in [0.1, 0.15) is 0 Å². The SMILES string of the molecule is CNC(C)(C)CCS(=O)(=O)CC[N+](C)(C)C. The number of hydrogen-bond donors (Lipinski definition) is 1. The quantitative estimate of drug-likeness (QED) is 0.670. The van der Waals surface area contributed by atoms with Gasteiger partial charge in [-0.05, 0) is 27.3 Å². The van der Waals surface area contributed by atoms with Crippen LogP contribution in [0.25, 0.3) is 0 Å². The van der Waals surface area contributed by atoms with E-state index in [0.717, 1.165) is 0 Å². The van der Waals surface area contributed by atoms with Gasteiger partial charge in [0, 0.05) is 5.54 Å². The Balaban J connectivity index is 4.18. The molecule has 0 aliphatic rings. The molecule has 0 saturated heterocycles. The predicted molar refractivity (Wildman–Crippen MR) is 69.3 cm³/mol. The molecule has 0 radical (unpaired) electrons. The summed E-state index contributed by atoms with van der Waals surface area (Å²) in [5.74, 6) is 0.539. The van der Waals surface area contributed by atoms with Crippen molar-refractivity contribution in [1.29, 1.82) is 0 Å². The summed E-state index contributed by atoms with van der Waals surface area (Å²) in [5.41, 5.74) is -0.107. The first kappa shape index (κ1) is 15.9. The van der Waals surface area contributed by atoms with Gasteiger partial charge < -0.3 is 9.80 Å². The van der Waals surface area contributed by atoms with Crippen molar-refractivity contribution in [2.75, 3.05) is 46.2 Å². The fraction of sp³-hybridized carbons (Fsp3) is 1.00. The number of rotatable bonds is 7. The Kier molecular flexibility index (Phi) is 5.42. The van der Waals surface area contributed by atoms with E-state index in [2.05, 4.69) is 5.32 Å². The van der Waals surface area contributed by atoms with E-state index in [-0.39, 0.29) is 17.0 Å². The highest BCUT2D eigenvalue weighted by Crippen LogP contribution is 2.10. The summed E-state index contributed by atoms with van der Waals surface area (Å²) in [5, 5.41) is 3.12. The van der Waals surface area contributed by atoms with Crippen LogP contribution in [0.2, 0.25) is 0 Å². The van der Waals surface area contributed by atoms with Gasteiger partial charge in [0.2, 0.25) is 0 Å². The minimum absolute atomic E-state index is 0.107. The fourth-order valence-electron chi connectivity index (χ4n) is 1.05. The van der Waals surface area contributed by atoms with Gasteiger partial charge in [0.05, 0.1) is 39.2 Å². The largest absolute Gasteiger partial charge is 0.330 e. The molecule has 0 spiro atoms. The highest BCUT2D eigenvalue weighted by Gasteiger charge is 2.21. The van der Waals surface area contributed by atoms with Crippen molar-refractivity contribution in [3.8, 4) is 0 Å². The number of hydrogen-bond acceptors (Lipinski definition) is 3. The zero-order valence-corrected chi connectivity index (χ0v) is 12.3. The van der Waals surface area contributed by atoms with E-state index in [1.165, 1.54) is 0 Å². The highest BCUT2D eigenvalue weighted by molar-refractivity contribution is 7.91. The van der Waals surface area contributed by atoms with Crippen LogP contribution < -0.4 is 5.32 Å². The monoisotopic (exact) mass is 251 g/mol. The molecule has 0 fully saturated rings. The first-order valence-electron chi connectivity index (χ1n) is 5.67. The standard InChI is InChI=1S/C11H27N2O2S/c1-11(2,12-3)7-9-16(14,15)10-8-13(4,5)6/h12H,7-10H2,1-6H3/q+1. The lowest BCUT2D eigenvalue weighted by Gasteiger charge is -2.25. The molecule has 0 atom stereocenters. The van der Waals surface area contributed by atoms with E-state index in [9.17, 15) is 8.42 Å². The molecular formula is C11H27N2O2S+. The highest BCUT2D eigenvalue weighted by atomic mass is 32.2. The van der Waals surface area contributed by atoms with Crippen molar-refractivity contribution in [2.24, 2.45) is 0 Å². The topological polar surface area (TPSA) is 46.2 Å². The summed E-state index contributed by atoms with van der Waals surface area (Å²) in [6.45, 7) is 4.70. The van der Waals surface area contributed by atoms with Crippen LogP contribution in [0.3, 0.4) is 0 Å². The minimum Gasteiger partial charge on any atom is -0.330 e. The molecule has 0 rings (SSSR count). The lowest BCUT2D eigenvalue weighted by molar-refractivity contribution is -0.867. The van der Waals surface area contributed by atoms with Gasteiger partial charge in [-0.15, -0.1) is 0 Å². The zero-order chi connectivity index (χ0) is 13.0. The van der Waals surface area contributed by atoms with Gasteiger partial charge in [0.25, 0.3) is 0 Å². The third-order valence-corrected chi connectivity index (χ3v) is 4.42. The normalized spacial score (nSPS) is 14.1. The van der Waals surface area contributed by atoms with Crippen molar-refractivity contribution in [3.63, 3.8) is 0 Å². The Hall–Kier alpha value is -0.130. The molecule has 98 valence electrons. The molecular weight excluding hydrogens is 224 g/mol. The molecule has 0 aromatic carbocycles. The van der Waals surface area contributed by atoms with Gasteiger partial charge in [-0.3, -0.25) is 0 Å². The average molecular weight is 251 g/mol. The molecule has 0 amide bonds. The molecule has 0 aliphatic heterocycles. The van der Waals surface area contributed by atoms with Gasteiger partial charge in [-0.1, -0.05) is 0 Å². The zero-order valence-electron chi connectivity index (χ0n) is 11.5. The van der Waals surface area contributed by atoms with Crippen molar-refractivity contribution in [3.05, 3.63) is 0 Å². The van der Waals surface area contributed by atoms with Gasteiger partial charge in [-0.25, -0.2) is 8.42 Å². The summed E-state index contributed by atoms with van der Waals surface area (Å²) >= 11 is 0. The second-order valence-corrected chi connectivity index (χ2v) is 8.35. The number of sulfone groups is 1. The first-order valence-corrected chi connectivity index (χ1v) is 7.49. The van der Waals surface area contributed by atoms with Gasteiger partial charge >= 0.3 is 0 Å². The second-order valence-electron chi connectivity index (χ2n) is 6.05. The van der Waals surface area contributed by atoms with Crippen molar-refractivity contribution < 1.29 is 12.9 Å². The third kappa shape index (κ3) is 8.07. The van der Waals surface area contributed by atoms with Crippen LogP contribution in [0, 0.1) is 0 Å². The minimum atomic E-state index is -2.91. The van der Waals surface area contributed by atoms with Crippen LogP contribution in [-0.4, -0.2) is 64.7 Å². The Labute approximate surface area is 101 Å². The predicted octanol–water partition coefficient (Wildman–Crippen LogP) is 0.496. The molecule has 4 nitrogen and oxygen atoms in total. The molecule has 0 aromatic heterocycles.